The molecule has 26 heavy (non-hydrogen) atoms. The highest BCUT2D eigenvalue weighted by Crippen LogP contribution is 2.19. The third-order valence-corrected chi connectivity index (χ3v) is 4.64. The summed E-state index contributed by atoms with van der Waals surface area (Å²) in [5.41, 5.74) is 2.50. The zero-order chi connectivity index (χ0) is 18.4. The number of hydrogen-bond acceptors (Lipinski definition) is 4. The molecule has 1 heterocycles. The first kappa shape index (κ1) is 18.1. The molecule has 3 rings (SSSR count). The number of amides is 1. The number of carbonyl (C=O) groups excluding carboxylic acids is 1. The predicted octanol–water partition coefficient (Wildman–Crippen LogP) is 3.12. The first-order valence-corrected chi connectivity index (χ1v) is 9.02. The molecule has 5 nitrogen and oxygen atoms in total. The van der Waals surface area contributed by atoms with E-state index in [2.05, 4.69) is 36.1 Å². The van der Waals surface area contributed by atoms with Gasteiger partial charge in [0.05, 0.1) is 20.1 Å². The number of piperazine rings is 1. The standard InChI is InChI=1S/C21H26N2O3/c1-17-4-3-5-18(16-17)22-11-13-23(14-12-22)21(24)10-15-26-20-8-6-19(25-2)7-9-20/h3-9,16H,10-15H2,1-2H3. The summed E-state index contributed by atoms with van der Waals surface area (Å²) >= 11 is 0. The molecule has 0 aliphatic carbocycles. The topological polar surface area (TPSA) is 42.0 Å². The minimum Gasteiger partial charge on any atom is -0.497 e. The van der Waals surface area contributed by atoms with Gasteiger partial charge >= 0.3 is 0 Å². The van der Waals surface area contributed by atoms with E-state index in [1.165, 1.54) is 11.3 Å². The van der Waals surface area contributed by atoms with Crippen LogP contribution in [-0.2, 0) is 4.79 Å². The number of carbonyl (C=O) groups is 1. The van der Waals surface area contributed by atoms with Crippen molar-refractivity contribution in [3.63, 3.8) is 0 Å². The quantitative estimate of drug-likeness (QED) is 0.799. The average molecular weight is 354 g/mol. The second kappa shape index (κ2) is 8.61. The molecule has 0 spiro atoms. The molecule has 0 atom stereocenters. The van der Waals surface area contributed by atoms with Gasteiger partial charge in [0.1, 0.15) is 11.5 Å². The SMILES string of the molecule is COc1ccc(OCCC(=O)N2CCN(c3cccc(C)c3)CC2)cc1. The lowest BCUT2D eigenvalue weighted by atomic mass is 10.2. The van der Waals surface area contributed by atoms with Crippen LogP contribution in [0.4, 0.5) is 5.69 Å². The van der Waals surface area contributed by atoms with E-state index < -0.39 is 0 Å². The van der Waals surface area contributed by atoms with Gasteiger partial charge in [-0.25, -0.2) is 0 Å². The lowest BCUT2D eigenvalue weighted by Crippen LogP contribution is -2.49. The van der Waals surface area contributed by atoms with Crippen molar-refractivity contribution in [3.8, 4) is 11.5 Å². The third kappa shape index (κ3) is 4.69. The molecule has 0 unspecified atom stereocenters. The zero-order valence-electron chi connectivity index (χ0n) is 15.5. The molecule has 2 aromatic rings. The fourth-order valence-corrected chi connectivity index (χ4v) is 3.12. The monoisotopic (exact) mass is 354 g/mol. The predicted molar refractivity (Wildman–Crippen MR) is 103 cm³/mol. The number of ether oxygens (including phenoxy) is 2. The number of rotatable bonds is 6. The Morgan fingerprint density at radius 3 is 2.35 bits per heavy atom. The summed E-state index contributed by atoms with van der Waals surface area (Å²) < 4.78 is 10.8. The number of nitrogens with zero attached hydrogens (tertiary/aromatic N) is 2. The van der Waals surface area contributed by atoms with Crippen molar-refractivity contribution in [1.82, 2.24) is 4.90 Å². The Labute approximate surface area is 155 Å². The Morgan fingerprint density at radius 1 is 1.00 bits per heavy atom. The molecule has 0 N–H and O–H groups in total. The minimum atomic E-state index is 0.155. The Balaban J connectivity index is 1.42. The molecule has 1 aliphatic heterocycles. The molecule has 0 saturated carbocycles. The summed E-state index contributed by atoms with van der Waals surface area (Å²) in [6.45, 7) is 5.75. The molecule has 0 bridgehead atoms. The van der Waals surface area contributed by atoms with E-state index in [1.54, 1.807) is 7.11 Å². The van der Waals surface area contributed by atoms with Crippen LogP contribution < -0.4 is 14.4 Å². The average Bonchev–Trinajstić information content (AvgIpc) is 2.68. The molecule has 1 amide bonds. The maximum atomic E-state index is 12.4. The molecule has 5 heteroatoms. The van der Waals surface area contributed by atoms with Gasteiger partial charge in [0.2, 0.25) is 5.91 Å². The van der Waals surface area contributed by atoms with Crippen molar-refractivity contribution >= 4 is 11.6 Å². The number of anilines is 1. The van der Waals surface area contributed by atoms with E-state index in [0.717, 1.165) is 37.7 Å². The van der Waals surface area contributed by atoms with Crippen LogP contribution in [-0.4, -0.2) is 50.7 Å². The van der Waals surface area contributed by atoms with Crippen LogP contribution in [0.2, 0.25) is 0 Å². The molecule has 2 aromatic carbocycles. The summed E-state index contributed by atoms with van der Waals surface area (Å²) in [5, 5.41) is 0. The summed E-state index contributed by atoms with van der Waals surface area (Å²) in [6.07, 6.45) is 0.399. The lowest BCUT2D eigenvalue weighted by molar-refractivity contribution is -0.132. The van der Waals surface area contributed by atoms with Crippen molar-refractivity contribution < 1.29 is 14.3 Å². The normalized spacial score (nSPS) is 14.2. The molecule has 0 aromatic heterocycles. The van der Waals surface area contributed by atoms with Crippen molar-refractivity contribution in [2.24, 2.45) is 0 Å². The van der Waals surface area contributed by atoms with E-state index in [9.17, 15) is 4.79 Å². The highest BCUT2D eigenvalue weighted by atomic mass is 16.5. The van der Waals surface area contributed by atoms with Gasteiger partial charge < -0.3 is 19.3 Å². The lowest BCUT2D eigenvalue weighted by Gasteiger charge is -2.36. The van der Waals surface area contributed by atoms with Gasteiger partial charge in [0.25, 0.3) is 0 Å². The third-order valence-electron chi connectivity index (χ3n) is 4.64. The first-order chi connectivity index (χ1) is 12.7. The molecule has 1 fully saturated rings. The Kier molecular flexibility index (Phi) is 6.00. The second-order valence-electron chi connectivity index (χ2n) is 6.48. The number of methoxy groups -OCH3 is 1. The fraction of sp³-hybridized carbons (Fsp3) is 0.381. The number of hydrogen-bond donors (Lipinski definition) is 0. The Hall–Kier alpha value is -2.69. The van der Waals surface area contributed by atoms with Gasteiger partial charge in [0, 0.05) is 31.9 Å². The minimum absolute atomic E-state index is 0.155. The summed E-state index contributed by atoms with van der Waals surface area (Å²) in [6, 6.07) is 15.9. The molecule has 138 valence electrons. The largest absolute Gasteiger partial charge is 0.497 e. The Bertz CT molecular complexity index is 722. The van der Waals surface area contributed by atoms with E-state index in [0.29, 0.717) is 13.0 Å². The van der Waals surface area contributed by atoms with Gasteiger partial charge in [-0.1, -0.05) is 12.1 Å². The van der Waals surface area contributed by atoms with Crippen molar-refractivity contribution in [2.75, 3.05) is 44.8 Å². The number of aryl methyl sites for hydroxylation is 1. The van der Waals surface area contributed by atoms with Crippen LogP contribution >= 0.6 is 0 Å². The van der Waals surface area contributed by atoms with Crippen LogP contribution in [0.25, 0.3) is 0 Å². The van der Waals surface area contributed by atoms with Gasteiger partial charge in [-0.3, -0.25) is 4.79 Å². The molecule has 1 aliphatic rings. The van der Waals surface area contributed by atoms with Gasteiger partial charge in [0.15, 0.2) is 0 Å². The van der Waals surface area contributed by atoms with Crippen molar-refractivity contribution in [1.29, 1.82) is 0 Å². The van der Waals surface area contributed by atoms with Crippen LogP contribution in [0.3, 0.4) is 0 Å². The summed E-state index contributed by atoms with van der Waals surface area (Å²) in [4.78, 5) is 16.7. The first-order valence-electron chi connectivity index (χ1n) is 9.02. The highest BCUT2D eigenvalue weighted by Gasteiger charge is 2.21. The van der Waals surface area contributed by atoms with Gasteiger partial charge in [-0.05, 0) is 48.9 Å². The van der Waals surface area contributed by atoms with Crippen molar-refractivity contribution in [3.05, 3.63) is 54.1 Å². The van der Waals surface area contributed by atoms with Crippen LogP contribution in [0, 0.1) is 6.92 Å². The molecule has 1 saturated heterocycles. The van der Waals surface area contributed by atoms with Crippen LogP contribution in [0.15, 0.2) is 48.5 Å². The van der Waals surface area contributed by atoms with Crippen molar-refractivity contribution in [2.45, 2.75) is 13.3 Å². The van der Waals surface area contributed by atoms with E-state index in [-0.39, 0.29) is 5.91 Å². The highest BCUT2D eigenvalue weighted by molar-refractivity contribution is 5.76. The van der Waals surface area contributed by atoms with Gasteiger partial charge in [-0.15, -0.1) is 0 Å². The zero-order valence-corrected chi connectivity index (χ0v) is 15.5. The van der Waals surface area contributed by atoms with E-state index >= 15 is 0 Å². The van der Waals surface area contributed by atoms with E-state index in [4.69, 9.17) is 9.47 Å². The summed E-state index contributed by atoms with van der Waals surface area (Å²) in [7, 11) is 1.63. The summed E-state index contributed by atoms with van der Waals surface area (Å²) in [5.74, 6) is 1.70. The molecular formula is C21H26N2O3. The molecular weight excluding hydrogens is 328 g/mol. The fourth-order valence-electron chi connectivity index (χ4n) is 3.12. The van der Waals surface area contributed by atoms with Gasteiger partial charge in [-0.2, -0.15) is 0 Å². The van der Waals surface area contributed by atoms with Crippen LogP contribution in [0.5, 0.6) is 11.5 Å². The molecule has 0 radical (unpaired) electrons. The second-order valence-corrected chi connectivity index (χ2v) is 6.48. The smallest absolute Gasteiger partial charge is 0.226 e. The van der Waals surface area contributed by atoms with E-state index in [1.807, 2.05) is 29.2 Å². The maximum Gasteiger partial charge on any atom is 0.226 e. The maximum absolute atomic E-state index is 12.4. The number of benzene rings is 2. The Morgan fingerprint density at radius 2 is 1.69 bits per heavy atom. The van der Waals surface area contributed by atoms with Crippen LogP contribution in [0.1, 0.15) is 12.0 Å².